The highest BCUT2D eigenvalue weighted by atomic mass is 16.1. The van der Waals surface area contributed by atoms with E-state index >= 15 is 0 Å². The minimum Gasteiger partial charge on any atom is -0.349 e. The minimum absolute atomic E-state index is 0.246. The van der Waals surface area contributed by atoms with Crippen LogP contribution in [0.4, 0.5) is 0 Å². The van der Waals surface area contributed by atoms with Crippen LogP contribution in [0.2, 0.25) is 0 Å². The Morgan fingerprint density at radius 2 is 1.95 bits per heavy atom. The molecule has 0 bridgehead atoms. The van der Waals surface area contributed by atoms with Crippen LogP contribution in [-0.2, 0) is 10.3 Å². The molecule has 1 saturated carbocycles. The second kappa shape index (κ2) is 4.97. The zero-order valence-corrected chi connectivity index (χ0v) is 11.5. The molecule has 1 aromatic carbocycles. The average molecular weight is 260 g/mol. The second-order valence-electron chi connectivity index (χ2n) is 6.01. The van der Waals surface area contributed by atoms with Crippen molar-refractivity contribution in [3.63, 3.8) is 0 Å². The largest absolute Gasteiger partial charge is 0.349 e. The zero-order valence-electron chi connectivity index (χ0n) is 12.5. The van der Waals surface area contributed by atoms with Crippen molar-refractivity contribution in [2.45, 2.75) is 37.1 Å². The van der Waals surface area contributed by atoms with Gasteiger partial charge in [0, 0.05) is 0 Å². The summed E-state index contributed by atoms with van der Waals surface area (Å²) in [5.74, 6) is 0.668. The highest BCUT2D eigenvalue weighted by molar-refractivity contribution is 5.51. The molecule has 0 aromatic heterocycles. The lowest BCUT2D eigenvalue weighted by atomic mass is 9.88. The van der Waals surface area contributed by atoms with E-state index in [1.54, 1.807) is 0 Å². The molecule has 0 unspecified atom stereocenters. The SMILES string of the molecule is [3H]C(=O)NC1(c2ccc(C3CCN(C)CC3)cc2)CC1. The molecule has 1 saturated heterocycles. The maximum atomic E-state index is 11.0. The first-order valence-electron chi connectivity index (χ1n) is 7.67. The fourth-order valence-corrected chi connectivity index (χ4v) is 3.12. The van der Waals surface area contributed by atoms with Gasteiger partial charge in [-0.1, -0.05) is 24.3 Å². The molecule has 1 N–H and O–H groups in total. The Kier molecular flexibility index (Phi) is 3.00. The van der Waals surface area contributed by atoms with Crippen LogP contribution in [0.3, 0.4) is 0 Å². The molecule has 3 heteroatoms. The molecule has 0 atom stereocenters. The van der Waals surface area contributed by atoms with E-state index < -0.39 is 6.39 Å². The fraction of sp³-hybridized carbons (Fsp3) is 0.562. The van der Waals surface area contributed by atoms with E-state index in [4.69, 9.17) is 1.37 Å². The predicted octanol–water partition coefficient (Wildman–Crippen LogP) is 2.23. The van der Waals surface area contributed by atoms with E-state index in [1.807, 2.05) is 0 Å². The van der Waals surface area contributed by atoms with Gasteiger partial charge in [0.1, 0.15) is 1.37 Å². The topological polar surface area (TPSA) is 32.3 Å². The second-order valence-corrected chi connectivity index (χ2v) is 6.01. The van der Waals surface area contributed by atoms with Gasteiger partial charge in [0.25, 0.3) is 0 Å². The van der Waals surface area contributed by atoms with Crippen LogP contribution >= 0.6 is 0 Å². The van der Waals surface area contributed by atoms with Gasteiger partial charge in [-0.3, -0.25) is 4.79 Å². The standard InChI is InChI=1S/C16H22N2O/c1-18-10-6-14(7-11-18)13-2-4-15(5-3-13)16(8-9-16)17-12-19/h2-5,12,14H,6-11H2,1H3,(H,17,19)/i12T. The smallest absolute Gasteiger partial charge is 0.207 e. The van der Waals surface area contributed by atoms with Crippen molar-refractivity contribution in [2.75, 3.05) is 20.1 Å². The first-order chi connectivity index (χ1) is 9.59. The first kappa shape index (κ1) is 11.5. The van der Waals surface area contributed by atoms with E-state index in [1.165, 1.54) is 31.5 Å². The summed E-state index contributed by atoms with van der Waals surface area (Å²) in [5, 5.41) is 2.77. The van der Waals surface area contributed by atoms with Crippen LogP contribution in [0.1, 0.15) is 44.1 Å². The molecular formula is C16H22N2O. The Morgan fingerprint density at radius 1 is 1.32 bits per heavy atom. The summed E-state index contributed by atoms with van der Waals surface area (Å²) in [6, 6.07) is 8.69. The first-order valence-corrected chi connectivity index (χ1v) is 7.17. The lowest BCUT2D eigenvalue weighted by Crippen LogP contribution is -2.29. The van der Waals surface area contributed by atoms with E-state index in [0.717, 1.165) is 18.4 Å². The summed E-state index contributed by atoms with van der Waals surface area (Å²) >= 11 is 0. The summed E-state index contributed by atoms with van der Waals surface area (Å²) in [6.07, 6.45) is 3.67. The van der Waals surface area contributed by atoms with E-state index in [0.29, 0.717) is 5.92 Å². The third-order valence-corrected chi connectivity index (χ3v) is 4.69. The lowest BCUT2D eigenvalue weighted by Gasteiger charge is -2.29. The van der Waals surface area contributed by atoms with Crippen LogP contribution in [0.5, 0.6) is 0 Å². The number of piperidine rings is 1. The van der Waals surface area contributed by atoms with Gasteiger partial charge in [0.05, 0.1) is 5.54 Å². The van der Waals surface area contributed by atoms with Crippen LogP contribution in [0, 0.1) is 0 Å². The molecule has 1 aromatic rings. The van der Waals surface area contributed by atoms with Crippen LogP contribution in [-0.4, -0.2) is 31.4 Å². The molecule has 1 aliphatic heterocycles. The van der Waals surface area contributed by atoms with Gasteiger partial charge in [-0.2, -0.15) is 0 Å². The average Bonchev–Trinajstić information content (AvgIpc) is 3.20. The molecule has 3 rings (SSSR count). The number of nitrogens with zero attached hydrogens (tertiary/aromatic N) is 1. The van der Waals surface area contributed by atoms with Crippen molar-refractivity contribution in [3.8, 4) is 0 Å². The summed E-state index contributed by atoms with van der Waals surface area (Å²) in [7, 11) is 2.18. The Bertz CT molecular complexity index is 488. The Hall–Kier alpha value is -1.35. The van der Waals surface area contributed by atoms with Gasteiger partial charge in [-0.05, 0) is 62.9 Å². The molecule has 19 heavy (non-hydrogen) atoms. The number of hydrogen-bond donors (Lipinski definition) is 1. The van der Waals surface area contributed by atoms with Crippen LogP contribution in [0.15, 0.2) is 24.3 Å². The van der Waals surface area contributed by atoms with Crippen molar-refractivity contribution < 1.29 is 6.17 Å². The molecule has 3 nitrogen and oxygen atoms in total. The summed E-state index contributed by atoms with van der Waals surface area (Å²) in [4.78, 5) is 13.4. The van der Waals surface area contributed by atoms with E-state index in [9.17, 15) is 4.79 Å². The summed E-state index contributed by atoms with van der Waals surface area (Å²) < 4.78 is 7.09. The molecule has 1 heterocycles. The van der Waals surface area contributed by atoms with Gasteiger partial charge < -0.3 is 10.2 Å². The third kappa shape index (κ3) is 2.52. The van der Waals surface area contributed by atoms with Gasteiger partial charge >= 0.3 is 0 Å². The number of hydrogen-bond acceptors (Lipinski definition) is 2. The molecule has 0 spiro atoms. The van der Waals surface area contributed by atoms with E-state index in [2.05, 4.69) is 41.5 Å². The molecule has 0 radical (unpaired) electrons. The number of benzene rings is 1. The fourth-order valence-electron chi connectivity index (χ4n) is 3.12. The quantitative estimate of drug-likeness (QED) is 0.845. The van der Waals surface area contributed by atoms with Crippen molar-refractivity contribution in [1.29, 1.82) is 0 Å². The van der Waals surface area contributed by atoms with E-state index in [-0.39, 0.29) is 5.54 Å². The number of nitrogens with one attached hydrogen (secondary N) is 1. The van der Waals surface area contributed by atoms with Crippen molar-refractivity contribution in [1.82, 2.24) is 10.2 Å². The lowest BCUT2D eigenvalue weighted by molar-refractivity contribution is -0.110. The normalized spacial score (nSPS) is 23.7. The molecule has 1 amide bonds. The third-order valence-electron chi connectivity index (χ3n) is 4.69. The highest BCUT2D eigenvalue weighted by Gasteiger charge is 2.43. The number of carbonyl (C=O) groups excluding carboxylic acids is 1. The maximum absolute atomic E-state index is 11.0. The molecule has 1 aliphatic carbocycles. The monoisotopic (exact) mass is 260 g/mol. The predicted molar refractivity (Wildman–Crippen MR) is 76.0 cm³/mol. The zero-order chi connectivity index (χ0) is 14.2. The van der Waals surface area contributed by atoms with Crippen molar-refractivity contribution >= 4 is 6.39 Å². The van der Waals surface area contributed by atoms with Gasteiger partial charge in [-0.15, -0.1) is 0 Å². The highest BCUT2D eigenvalue weighted by Crippen LogP contribution is 2.45. The van der Waals surface area contributed by atoms with Crippen molar-refractivity contribution in [2.24, 2.45) is 0 Å². The van der Waals surface area contributed by atoms with Gasteiger partial charge in [0.2, 0.25) is 6.39 Å². The Balaban J connectivity index is 1.70. The van der Waals surface area contributed by atoms with Gasteiger partial charge in [-0.25, -0.2) is 0 Å². The minimum atomic E-state index is -0.679. The summed E-state index contributed by atoms with van der Waals surface area (Å²) in [6.45, 7) is 2.34. The number of rotatable bonds is 3. The Labute approximate surface area is 116 Å². The number of amides is 1. The summed E-state index contributed by atoms with van der Waals surface area (Å²) in [5.41, 5.74) is 2.31. The van der Waals surface area contributed by atoms with Crippen LogP contribution < -0.4 is 5.32 Å². The number of likely N-dealkylation sites (tertiary alicyclic amines) is 1. The Morgan fingerprint density at radius 3 is 2.47 bits per heavy atom. The van der Waals surface area contributed by atoms with Crippen molar-refractivity contribution in [3.05, 3.63) is 35.4 Å². The number of carbonyl (C=O) groups is 1. The van der Waals surface area contributed by atoms with Gasteiger partial charge in [0.15, 0.2) is 0 Å². The van der Waals surface area contributed by atoms with Crippen LogP contribution in [0.25, 0.3) is 0 Å². The molecule has 102 valence electrons. The maximum Gasteiger partial charge on any atom is 0.207 e. The molecule has 2 fully saturated rings. The molecular weight excluding hydrogens is 236 g/mol. The molecule has 2 aliphatic rings.